The summed E-state index contributed by atoms with van der Waals surface area (Å²) in [7, 11) is 0. The van der Waals surface area contributed by atoms with Crippen LogP contribution in [0.4, 0.5) is 0 Å². The van der Waals surface area contributed by atoms with Crippen molar-refractivity contribution in [2.75, 3.05) is 13.2 Å². The second-order valence-corrected chi connectivity index (χ2v) is 13.3. The monoisotopic (exact) mass is 672 g/mol. The lowest BCUT2D eigenvalue weighted by Gasteiger charge is -2.39. The summed E-state index contributed by atoms with van der Waals surface area (Å²) in [5, 5.41) is 57.6. The number of benzene rings is 1. The van der Waals surface area contributed by atoms with Gasteiger partial charge in [-0.3, -0.25) is 0 Å². The number of unbranched alkanes of at least 4 members (excludes halogenated alkanes) is 2. The lowest BCUT2D eigenvalue weighted by Crippen LogP contribution is -2.62. The fraction of sp³-hybridized carbons (Fsp3) is 0.688. The highest BCUT2D eigenvalue weighted by Gasteiger charge is 2.42. The van der Waals surface area contributed by atoms with Crippen molar-refractivity contribution in [2.24, 2.45) is 22.9 Å². The third kappa shape index (κ3) is 9.62. The smallest absolute Gasteiger partial charge is 0.109 e. The molecule has 16 nitrogen and oxygen atoms in total. The minimum absolute atomic E-state index is 0.403. The van der Waals surface area contributed by atoms with Crippen molar-refractivity contribution in [3.05, 3.63) is 59.2 Å². The third-order valence-electron chi connectivity index (χ3n) is 9.34. The fourth-order valence-corrected chi connectivity index (χ4v) is 6.46. The first-order valence-electron chi connectivity index (χ1n) is 16.9. The Morgan fingerprint density at radius 1 is 0.583 bits per heavy atom. The van der Waals surface area contributed by atoms with Gasteiger partial charge in [-0.1, -0.05) is 34.7 Å². The number of ether oxygens (including phenoxy) is 2. The Bertz CT molecular complexity index is 1290. The molecule has 48 heavy (non-hydrogen) atoms. The minimum atomic E-state index is -1.08. The van der Waals surface area contributed by atoms with Crippen LogP contribution in [0.2, 0.25) is 0 Å². The van der Waals surface area contributed by atoms with Crippen LogP contribution in [0.3, 0.4) is 0 Å². The summed E-state index contributed by atoms with van der Waals surface area (Å²) in [5.74, 6) is 0. The van der Waals surface area contributed by atoms with E-state index in [4.69, 9.17) is 32.4 Å². The summed E-state index contributed by atoms with van der Waals surface area (Å²) in [4.78, 5) is 0. The zero-order valence-corrected chi connectivity index (χ0v) is 27.3. The fourth-order valence-electron chi connectivity index (χ4n) is 6.46. The van der Waals surface area contributed by atoms with Gasteiger partial charge in [0.1, 0.15) is 24.4 Å². The van der Waals surface area contributed by atoms with Crippen LogP contribution in [0.5, 0.6) is 0 Å². The van der Waals surface area contributed by atoms with E-state index >= 15 is 0 Å². The second-order valence-electron chi connectivity index (χ2n) is 13.3. The van der Waals surface area contributed by atoms with Gasteiger partial charge in [-0.05, 0) is 62.5 Å². The van der Waals surface area contributed by atoms with Crippen molar-refractivity contribution >= 4 is 0 Å². The van der Waals surface area contributed by atoms with Crippen molar-refractivity contribution in [3.8, 4) is 0 Å². The van der Waals surface area contributed by atoms with Gasteiger partial charge >= 0.3 is 0 Å². The Morgan fingerprint density at radius 3 is 1.38 bits per heavy atom. The summed E-state index contributed by atoms with van der Waals surface area (Å²) >= 11 is 0. The quantitative estimate of drug-likeness (QED) is 0.0761. The van der Waals surface area contributed by atoms with Crippen molar-refractivity contribution < 1.29 is 29.9 Å². The summed E-state index contributed by atoms with van der Waals surface area (Å²) < 4.78 is 15.2. The van der Waals surface area contributed by atoms with Gasteiger partial charge in [0.15, 0.2) is 0 Å². The molecule has 0 spiro atoms. The molecule has 2 aliphatic rings. The number of aliphatic hydroxyl groups excluding tert-OH is 4. The molecule has 2 fully saturated rings. The van der Waals surface area contributed by atoms with Gasteiger partial charge in [0.05, 0.1) is 36.7 Å². The molecule has 2 saturated carbocycles. The lowest BCUT2D eigenvalue weighted by atomic mass is 9.85. The second kappa shape index (κ2) is 17.2. The average molecular weight is 673 g/mol. The standard InChI is InChI=1S/C32H52N10O6/c33-23-13-25(35)31(29(45)27(23)43)47-11-3-1-5-21-17-41(39-37-21)15-19-7-9-20(10-8-19)16-42-18-22(38-40-42)6-2-4-12-48-32-26(36)14-24(34)28(44)30(32)46/h7-10,17-18,23-32,43-46H,1-6,11-16,33-36H2/t23-,24-,25+,26+,27+,28+,29-,30-,31-,32-/m1/s1. The normalized spacial score (nSPS) is 30.9. The number of aliphatic hydroxyl groups is 4. The molecule has 0 bridgehead atoms. The van der Waals surface area contributed by atoms with Crippen LogP contribution in [0.15, 0.2) is 36.7 Å². The molecule has 2 heterocycles. The predicted octanol–water partition coefficient (Wildman–Crippen LogP) is -2.06. The first-order valence-corrected chi connectivity index (χ1v) is 16.9. The molecule has 10 atom stereocenters. The highest BCUT2D eigenvalue weighted by atomic mass is 16.5. The predicted molar refractivity (Wildman–Crippen MR) is 175 cm³/mol. The zero-order chi connectivity index (χ0) is 34.2. The Morgan fingerprint density at radius 2 is 0.979 bits per heavy atom. The Hall–Kier alpha value is -2.90. The maximum atomic E-state index is 10.2. The number of nitrogens with zero attached hydrogens (tertiary/aromatic N) is 6. The molecule has 2 aliphatic carbocycles. The Labute approximate surface area is 280 Å². The number of rotatable bonds is 16. The van der Waals surface area contributed by atoms with E-state index in [1.165, 1.54) is 0 Å². The van der Waals surface area contributed by atoms with Crippen molar-refractivity contribution in [3.63, 3.8) is 0 Å². The van der Waals surface area contributed by atoms with Crippen molar-refractivity contribution in [1.29, 1.82) is 0 Å². The number of aryl methyl sites for hydroxylation is 2. The number of hydrogen-bond donors (Lipinski definition) is 8. The van der Waals surface area contributed by atoms with E-state index in [1.807, 2.05) is 21.8 Å². The highest BCUT2D eigenvalue weighted by molar-refractivity contribution is 5.23. The first-order chi connectivity index (χ1) is 23.1. The van der Waals surface area contributed by atoms with E-state index < -0.39 is 60.8 Å². The van der Waals surface area contributed by atoms with Crippen LogP contribution in [-0.2, 0) is 35.4 Å². The third-order valence-corrected chi connectivity index (χ3v) is 9.34. The molecule has 5 rings (SSSR count). The molecule has 0 unspecified atom stereocenters. The maximum absolute atomic E-state index is 10.2. The van der Waals surface area contributed by atoms with Crippen molar-refractivity contribution in [1.82, 2.24) is 30.0 Å². The molecule has 16 heteroatoms. The molecule has 1 aromatic carbocycles. The van der Waals surface area contributed by atoms with E-state index in [0.717, 1.165) is 61.0 Å². The van der Waals surface area contributed by atoms with Gasteiger partial charge in [-0.15, -0.1) is 10.2 Å². The zero-order valence-electron chi connectivity index (χ0n) is 27.3. The van der Waals surface area contributed by atoms with Crippen LogP contribution >= 0.6 is 0 Å². The highest BCUT2D eigenvalue weighted by Crippen LogP contribution is 2.22. The van der Waals surface area contributed by atoms with Crippen LogP contribution in [0.1, 0.15) is 61.0 Å². The molecule has 12 N–H and O–H groups in total. The van der Waals surface area contributed by atoms with Gasteiger partial charge in [-0.25, -0.2) is 9.36 Å². The number of nitrogens with two attached hydrogens (primary N) is 4. The van der Waals surface area contributed by atoms with Gasteiger partial charge in [0.2, 0.25) is 0 Å². The molecular formula is C32H52N10O6. The van der Waals surface area contributed by atoms with Crippen LogP contribution < -0.4 is 22.9 Å². The summed E-state index contributed by atoms with van der Waals surface area (Å²) in [6.45, 7) is 2.07. The van der Waals surface area contributed by atoms with Gasteiger partial charge in [-0.2, -0.15) is 0 Å². The van der Waals surface area contributed by atoms with Crippen LogP contribution in [0.25, 0.3) is 0 Å². The minimum Gasteiger partial charge on any atom is -0.389 e. The van der Waals surface area contributed by atoms with Crippen LogP contribution in [-0.4, -0.2) is 124 Å². The largest absolute Gasteiger partial charge is 0.389 e. The number of aromatic nitrogens is 6. The summed E-state index contributed by atoms with van der Waals surface area (Å²) in [6.07, 6.45) is 3.98. The lowest BCUT2D eigenvalue weighted by molar-refractivity contribution is -0.127. The van der Waals surface area contributed by atoms with Gasteiger partial charge in [0.25, 0.3) is 0 Å². The molecule has 2 aromatic heterocycles. The van der Waals surface area contributed by atoms with E-state index in [1.54, 1.807) is 0 Å². The summed E-state index contributed by atoms with van der Waals surface area (Å²) in [6, 6.07) is 6.40. The Balaban J connectivity index is 0.966. The molecule has 0 saturated heterocycles. The maximum Gasteiger partial charge on any atom is 0.109 e. The van der Waals surface area contributed by atoms with E-state index in [9.17, 15) is 20.4 Å². The number of hydrogen-bond acceptors (Lipinski definition) is 14. The van der Waals surface area contributed by atoms with Gasteiger partial charge < -0.3 is 52.8 Å². The Kier molecular flexibility index (Phi) is 13.0. The summed E-state index contributed by atoms with van der Waals surface area (Å²) in [5.41, 5.74) is 27.8. The van der Waals surface area contributed by atoms with Crippen molar-refractivity contribution in [2.45, 2.75) is 125 Å². The van der Waals surface area contributed by atoms with Crippen LogP contribution in [0, 0.1) is 0 Å². The van der Waals surface area contributed by atoms with E-state index in [-0.39, 0.29) is 0 Å². The molecule has 0 aliphatic heterocycles. The molecule has 3 aromatic rings. The molecule has 0 amide bonds. The van der Waals surface area contributed by atoms with E-state index in [2.05, 4.69) is 44.9 Å². The molecule has 0 radical (unpaired) electrons. The van der Waals surface area contributed by atoms with E-state index in [0.29, 0.717) is 39.1 Å². The molecule has 266 valence electrons. The van der Waals surface area contributed by atoms with Gasteiger partial charge in [0, 0.05) is 49.8 Å². The first kappa shape index (κ1) is 36.4. The topological polar surface area (TPSA) is 265 Å². The molecular weight excluding hydrogens is 620 g/mol. The SMILES string of the molecule is N[C@@H]1C[C@H](N)[C@@H](OCCCCc2cn(Cc3ccc(Cn4cc(CCCCO[C@H]5[C@H](O)[C@@H](O)[C@H](N)C[C@@H]5N)nn4)cc3)nn2)[C@H](O)[C@H]1O. The average Bonchev–Trinajstić information content (AvgIpc) is 3.71.